The SMILES string of the molecule is Cc1ccc2ncccc2c1-c1nccn1CC1(N(C)C)CCN(C)CC1.O=CO. The molecule has 0 saturated carbocycles. The first-order valence-corrected chi connectivity index (χ1v) is 10.2. The normalized spacial score (nSPS) is 16.3. The number of rotatable bonds is 4. The molecule has 0 spiro atoms. The Hall–Kier alpha value is -2.77. The average molecular weight is 410 g/mol. The Morgan fingerprint density at radius 1 is 1.17 bits per heavy atom. The van der Waals surface area contributed by atoms with E-state index in [1.54, 1.807) is 0 Å². The van der Waals surface area contributed by atoms with Crippen LogP contribution in [0.3, 0.4) is 0 Å². The Labute approximate surface area is 178 Å². The van der Waals surface area contributed by atoms with Crippen LogP contribution in [0.15, 0.2) is 42.9 Å². The van der Waals surface area contributed by atoms with Crippen molar-refractivity contribution < 1.29 is 9.90 Å². The van der Waals surface area contributed by atoms with Crippen molar-refractivity contribution in [3.05, 3.63) is 48.4 Å². The fraction of sp³-hybridized carbons (Fsp3) is 0.435. The van der Waals surface area contributed by atoms with Crippen molar-refractivity contribution in [1.82, 2.24) is 24.3 Å². The van der Waals surface area contributed by atoms with Crippen LogP contribution in [0.4, 0.5) is 0 Å². The van der Waals surface area contributed by atoms with Gasteiger partial charge in [0.05, 0.1) is 5.52 Å². The molecule has 160 valence electrons. The summed E-state index contributed by atoms with van der Waals surface area (Å²) in [6.45, 7) is 5.15. The molecule has 30 heavy (non-hydrogen) atoms. The number of aromatic nitrogens is 3. The molecule has 3 heterocycles. The lowest BCUT2D eigenvalue weighted by Gasteiger charge is -2.45. The van der Waals surface area contributed by atoms with Crippen molar-refractivity contribution in [2.75, 3.05) is 34.2 Å². The van der Waals surface area contributed by atoms with Crippen LogP contribution >= 0.6 is 0 Å². The number of likely N-dealkylation sites (tertiary alicyclic amines) is 1. The second kappa shape index (κ2) is 9.36. The molecule has 0 amide bonds. The second-order valence-electron chi connectivity index (χ2n) is 8.23. The third kappa shape index (κ3) is 4.37. The first-order chi connectivity index (χ1) is 14.4. The van der Waals surface area contributed by atoms with Crippen molar-refractivity contribution >= 4 is 17.4 Å². The summed E-state index contributed by atoms with van der Waals surface area (Å²) in [7, 11) is 6.65. The molecule has 2 aromatic heterocycles. The minimum atomic E-state index is -0.250. The second-order valence-corrected chi connectivity index (χ2v) is 8.23. The topological polar surface area (TPSA) is 74.5 Å². The zero-order valence-corrected chi connectivity index (χ0v) is 18.2. The fourth-order valence-electron chi connectivity index (χ4n) is 4.32. The molecule has 0 radical (unpaired) electrons. The van der Waals surface area contributed by atoms with Crippen molar-refractivity contribution in [2.45, 2.75) is 31.8 Å². The van der Waals surface area contributed by atoms with Crippen molar-refractivity contribution in [1.29, 1.82) is 0 Å². The van der Waals surface area contributed by atoms with Crippen LogP contribution in [0, 0.1) is 6.92 Å². The number of carbonyl (C=O) groups is 1. The molecule has 1 fully saturated rings. The molecule has 1 aliphatic heterocycles. The van der Waals surface area contributed by atoms with E-state index in [1.165, 1.54) is 29.4 Å². The number of hydrogen-bond acceptors (Lipinski definition) is 5. The van der Waals surface area contributed by atoms with Crippen LogP contribution in [0.5, 0.6) is 0 Å². The minimum absolute atomic E-state index is 0.165. The monoisotopic (exact) mass is 409 g/mol. The molecule has 1 N–H and O–H groups in total. The molecule has 0 unspecified atom stereocenters. The number of carboxylic acid groups (broad SMARTS) is 1. The average Bonchev–Trinajstić information content (AvgIpc) is 3.17. The molecular weight excluding hydrogens is 378 g/mol. The lowest BCUT2D eigenvalue weighted by atomic mass is 9.86. The highest BCUT2D eigenvalue weighted by Crippen LogP contribution is 2.33. The highest BCUT2D eigenvalue weighted by molar-refractivity contribution is 5.94. The Morgan fingerprint density at radius 3 is 2.53 bits per heavy atom. The van der Waals surface area contributed by atoms with Gasteiger partial charge in [-0.1, -0.05) is 12.1 Å². The van der Waals surface area contributed by atoms with E-state index in [2.05, 4.69) is 71.8 Å². The fourth-order valence-corrected chi connectivity index (χ4v) is 4.32. The maximum absolute atomic E-state index is 8.36. The van der Waals surface area contributed by atoms with Gasteiger partial charge in [0.25, 0.3) is 6.47 Å². The van der Waals surface area contributed by atoms with Gasteiger partial charge in [0.15, 0.2) is 0 Å². The lowest BCUT2D eigenvalue weighted by Crippen LogP contribution is -2.54. The first kappa shape index (κ1) is 21.9. The molecule has 4 rings (SSSR count). The van der Waals surface area contributed by atoms with Gasteiger partial charge in [0.1, 0.15) is 5.82 Å². The number of nitrogens with zero attached hydrogens (tertiary/aromatic N) is 5. The summed E-state index contributed by atoms with van der Waals surface area (Å²) >= 11 is 0. The van der Waals surface area contributed by atoms with Crippen molar-refractivity contribution in [3.63, 3.8) is 0 Å². The van der Waals surface area contributed by atoms with Gasteiger partial charge < -0.3 is 19.5 Å². The Kier molecular flexibility index (Phi) is 6.84. The lowest BCUT2D eigenvalue weighted by molar-refractivity contribution is -0.122. The maximum atomic E-state index is 8.36. The minimum Gasteiger partial charge on any atom is -0.483 e. The summed E-state index contributed by atoms with van der Waals surface area (Å²) in [6, 6.07) is 8.42. The summed E-state index contributed by atoms with van der Waals surface area (Å²) in [5, 5.41) is 8.06. The van der Waals surface area contributed by atoms with Crippen LogP contribution in [0.1, 0.15) is 18.4 Å². The largest absolute Gasteiger partial charge is 0.483 e. The molecule has 0 bridgehead atoms. The number of fused-ring (bicyclic) bond motifs is 1. The molecule has 3 aromatic rings. The van der Waals surface area contributed by atoms with E-state index in [-0.39, 0.29) is 12.0 Å². The van der Waals surface area contributed by atoms with E-state index < -0.39 is 0 Å². The zero-order chi connectivity index (χ0) is 21.7. The predicted octanol–water partition coefficient (Wildman–Crippen LogP) is 3.13. The van der Waals surface area contributed by atoms with Crippen molar-refractivity contribution in [3.8, 4) is 11.4 Å². The van der Waals surface area contributed by atoms with Gasteiger partial charge in [-0.15, -0.1) is 0 Å². The van der Waals surface area contributed by atoms with E-state index in [1.807, 2.05) is 18.5 Å². The molecule has 1 aromatic carbocycles. The summed E-state index contributed by atoms with van der Waals surface area (Å²) in [6.07, 6.45) is 8.26. The van der Waals surface area contributed by atoms with Crippen LogP contribution in [-0.2, 0) is 11.3 Å². The van der Waals surface area contributed by atoms with Gasteiger partial charge in [-0.2, -0.15) is 0 Å². The van der Waals surface area contributed by atoms with Gasteiger partial charge >= 0.3 is 0 Å². The summed E-state index contributed by atoms with van der Waals surface area (Å²) in [5.41, 5.74) is 3.63. The maximum Gasteiger partial charge on any atom is 0.290 e. The number of pyridine rings is 1. The van der Waals surface area contributed by atoms with Gasteiger partial charge in [0.2, 0.25) is 0 Å². The first-order valence-electron chi connectivity index (χ1n) is 10.2. The highest BCUT2D eigenvalue weighted by Gasteiger charge is 2.36. The number of likely N-dealkylation sites (N-methyl/N-ethyl adjacent to an activating group) is 1. The van der Waals surface area contributed by atoms with Gasteiger partial charge in [-0.3, -0.25) is 9.78 Å². The number of benzene rings is 1. The Morgan fingerprint density at radius 2 is 1.87 bits per heavy atom. The smallest absolute Gasteiger partial charge is 0.290 e. The van der Waals surface area contributed by atoms with E-state index in [4.69, 9.17) is 14.9 Å². The molecule has 0 aliphatic carbocycles. The van der Waals surface area contributed by atoms with Gasteiger partial charge in [-0.05, 0) is 71.7 Å². The standard InChI is InChI=1S/C22H29N5.CH2O2/c1-17-7-8-19-18(6-5-11-23-19)20(17)21-24-12-15-27(21)16-22(25(2)3)9-13-26(4)14-10-22;2-1-3/h5-8,11-12,15H,9-10,13-14,16H2,1-4H3;1H,(H,2,3). The third-order valence-electron chi connectivity index (χ3n) is 6.26. The molecular formula is C23H31N5O2. The molecule has 0 atom stereocenters. The van der Waals surface area contributed by atoms with Crippen LogP contribution < -0.4 is 0 Å². The number of piperidine rings is 1. The third-order valence-corrected chi connectivity index (χ3v) is 6.26. The number of imidazole rings is 1. The molecule has 7 nitrogen and oxygen atoms in total. The molecule has 7 heteroatoms. The highest BCUT2D eigenvalue weighted by atomic mass is 16.3. The van der Waals surface area contributed by atoms with Gasteiger partial charge in [-0.25, -0.2) is 4.98 Å². The number of aryl methyl sites for hydroxylation is 1. The van der Waals surface area contributed by atoms with E-state index in [9.17, 15) is 0 Å². The van der Waals surface area contributed by atoms with Gasteiger partial charge in [0, 0.05) is 41.6 Å². The Balaban J connectivity index is 0.000000806. The summed E-state index contributed by atoms with van der Waals surface area (Å²) < 4.78 is 2.35. The van der Waals surface area contributed by atoms with E-state index in [0.717, 1.165) is 31.0 Å². The van der Waals surface area contributed by atoms with Crippen LogP contribution in [0.25, 0.3) is 22.3 Å². The van der Waals surface area contributed by atoms with Crippen LogP contribution in [0.2, 0.25) is 0 Å². The van der Waals surface area contributed by atoms with Crippen molar-refractivity contribution in [2.24, 2.45) is 0 Å². The van der Waals surface area contributed by atoms with E-state index >= 15 is 0 Å². The quantitative estimate of drug-likeness (QED) is 0.668. The Bertz CT molecular complexity index is 990. The molecule has 1 saturated heterocycles. The van der Waals surface area contributed by atoms with Crippen LogP contribution in [-0.4, -0.2) is 75.7 Å². The summed E-state index contributed by atoms with van der Waals surface area (Å²) in [5.74, 6) is 1.05. The van der Waals surface area contributed by atoms with E-state index in [0.29, 0.717) is 0 Å². The summed E-state index contributed by atoms with van der Waals surface area (Å²) in [4.78, 5) is 22.5. The number of hydrogen-bond donors (Lipinski definition) is 1. The predicted molar refractivity (Wildman–Crippen MR) is 120 cm³/mol. The molecule has 1 aliphatic rings. The zero-order valence-electron chi connectivity index (χ0n) is 18.2.